The third-order valence-corrected chi connectivity index (χ3v) is 6.46. The first-order valence-corrected chi connectivity index (χ1v) is 9.86. The van der Waals surface area contributed by atoms with Crippen LogP contribution in [0.2, 0.25) is 0 Å². The molecule has 1 aromatic carbocycles. The summed E-state index contributed by atoms with van der Waals surface area (Å²) in [6, 6.07) is 8.77. The zero-order chi connectivity index (χ0) is 15.5. The Morgan fingerprint density at radius 3 is 2.62 bits per heavy atom. The zero-order valence-electron chi connectivity index (χ0n) is 13.3. The predicted octanol–water partition coefficient (Wildman–Crippen LogP) is 3.11. The maximum atomic E-state index is 11.9. The van der Waals surface area contributed by atoms with Gasteiger partial charge < -0.3 is 5.32 Å². The van der Waals surface area contributed by atoms with E-state index in [-0.39, 0.29) is 11.3 Å². The zero-order valence-corrected chi connectivity index (χ0v) is 14.1. The van der Waals surface area contributed by atoms with Crippen LogP contribution in [0.3, 0.4) is 0 Å². The first-order valence-electron chi connectivity index (χ1n) is 7.91. The number of hydrogen-bond donors (Lipinski definition) is 1. The molecule has 1 aromatic rings. The van der Waals surface area contributed by atoms with Crippen LogP contribution in [0.4, 0.5) is 0 Å². The lowest BCUT2D eigenvalue weighted by atomic mass is 9.79. The molecule has 1 saturated carbocycles. The number of nitrogens with one attached hydrogen (secondary N) is 1. The molecule has 0 aliphatic heterocycles. The largest absolute Gasteiger partial charge is 0.313 e. The van der Waals surface area contributed by atoms with E-state index in [9.17, 15) is 8.42 Å². The molecule has 0 spiro atoms. The van der Waals surface area contributed by atoms with E-state index in [4.69, 9.17) is 0 Å². The Bertz CT molecular complexity index is 568. The van der Waals surface area contributed by atoms with E-state index in [1.165, 1.54) is 17.4 Å². The molecule has 21 heavy (non-hydrogen) atoms. The van der Waals surface area contributed by atoms with Gasteiger partial charge in [-0.25, -0.2) is 8.42 Å². The van der Waals surface area contributed by atoms with Crippen molar-refractivity contribution in [1.82, 2.24) is 5.32 Å². The fourth-order valence-electron chi connectivity index (χ4n) is 3.68. The Morgan fingerprint density at radius 1 is 1.29 bits per heavy atom. The number of benzene rings is 1. The highest BCUT2D eigenvalue weighted by Gasteiger charge is 2.33. The molecular formula is C17H27NO2S. The van der Waals surface area contributed by atoms with Crippen LogP contribution >= 0.6 is 0 Å². The van der Waals surface area contributed by atoms with Gasteiger partial charge in [-0.2, -0.15) is 0 Å². The van der Waals surface area contributed by atoms with E-state index in [1.54, 1.807) is 0 Å². The lowest BCUT2D eigenvalue weighted by molar-refractivity contribution is 0.282. The van der Waals surface area contributed by atoms with Gasteiger partial charge in [0.15, 0.2) is 0 Å². The van der Waals surface area contributed by atoms with Crippen LogP contribution in [-0.4, -0.2) is 27.0 Å². The minimum Gasteiger partial charge on any atom is -0.313 e. The quantitative estimate of drug-likeness (QED) is 0.909. The molecule has 1 fully saturated rings. The van der Waals surface area contributed by atoms with Crippen LogP contribution in [0.25, 0.3) is 0 Å². The average Bonchev–Trinajstić information content (AvgIpc) is 2.48. The molecule has 1 aliphatic carbocycles. The molecule has 4 heteroatoms. The van der Waals surface area contributed by atoms with Crippen molar-refractivity contribution >= 4 is 9.84 Å². The molecule has 3 unspecified atom stereocenters. The van der Waals surface area contributed by atoms with Crippen molar-refractivity contribution < 1.29 is 8.42 Å². The van der Waals surface area contributed by atoms with Gasteiger partial charge in [-0.3, -0.25) is 0 Å². The standard InChI is InChI=1S/C17H27NO2S/c1-4-13-8-5-6-11-16(13)17(18-2)14-9-7-10-15(12-14)21(3,19)20/h5-6,8,11,14-15,17-18H,4,7,9-10,12H2,1-3H3. The van der Waals surface area contributed by atoms with Crippen LogP contribution < -0.4 is 5.32 Å². The Labute approximate surface area is 129 Å². The lowest BCUT2D eigenvalue weighted by Gasteiger charge is -2.34. The Kier molecular flexibility index (Phi) is 5.44. The summed E-state index contributed by atoms with van der Waals surface area (Å²) in [5.41, 5.74) is 2.69. The second-order valence-electron chi connectivity index (χ2n) is 6.20. The van der Waals surface area contributed by atoms with Crippen LogP contribution in [0.15, 0.2) is 24.3 Å². The summed E-state index contributed by atoms with van der Waals surface area (Å²) >= 11 is 0. The fraction of sp³-hybridized carbons (Fsp3) is 0.647. The summed E-state index contributed by atoms with van der Waals surface area (Å²) in [7, 11) is -0.939. The van der Waals surface area contributed by atoms with Crippen LogP contribution in [0.1, 0.15) is 49.8 Å². The van der Waals surface area contributed by atoms with Gasteiger partial charge in [0, 0.05) is 12.3 Å². The Hall–Kier alpha value is -0.870. The number of rotatable bonds is 5. The van der Waals surface area contributed by atoms with Crippen molar-refractivity contribution in [2.75, 3.05) is 13.3 Å². The topological polar surface area (TPSA) is 46.2 Å². The molecule has 1 N–H and O–H groups in total. The van der Waals surface area contributed by atoms with E-state index in [0.717, 1.165) is 32.1 Å². The van der Waals surface area contributed by atoms with Gasteiger partial charge in [0.2, 0.25) is 0 Å². The maximum absolute atomic E-state index is 11.9. The molecule has 118 valence electrons. The number of sulfone groups is 1. The third kappa shape index (κ3) is 3.86. The first-order chi connectivity index (χ1) is 9.97. The molecule has 0 saturated heterocycles. The summed E-state index contributed by atoms with van der Waals surface area (Å²) in [5.74, 6) is 0.399. The van der Waals surface area contributed by atoms with E-state index >= 15 is 0 Å². The van der Waals surface area contributed by atoms with Gasteiger partial charge >= 0.3 is 0 Å². The highest BCUT2D eigenvalue weighted by atomic mass is 32.2. The molecule has 0 radical (unpaired) electrons. The van der Waals surface area contributed by atoms with E-state index in [1.807, 2.05) is 7.05 Å². The summed E-state index contributed by atoms with van der Waals surface area (Å²) in [6.45, 7) is 2.17. The molecule has 1 aliphatic rings. The minimum absolute atomic E-state index is 0.166. The van der Waals surface area contributed by atoms with Gasteiger partial charge in [0.25, 0.3) is 0 Å². The number of hydrogen-bond acceptors (Lipinski definition) is 3. The van der Waals surface area contributed by atoms with Gasteiger partial charge in [-0.1, -0.05) is 37.6 Å². The second kappa shape index (κ2) is 6.93. The summed E-state index contributed by atoms with van der Waals surface area (Å²) in [5, 5.41) is 3.27. The highest BCUT2D eigenvalue weighted by Crippen LogP contribution is 2.37. The van der Waals surface area contributed by atoms with Crippen LogP contribution in [-0.2, 0) is 16.3 Å². The van der Waals surface area contributed by atoms with Crippen molar-refractivity contribution in [2.45, 2.75) is 50.3 Å². The van der Waals surface area contributed by atoms with E-state index in [0.29, 0.717) is 5.92 Å². The van der Waals surface area contributed by atoms with Crippen molar-refractivity contribution in [1.29, 1.82) is 0 Å². The first kappa shape index (κ1) is 16.5. The molecule has 0 bridgehead atoms. The van der Waals surface area contributed by atoms with Crippen molar-refractivity contribution in [3.63, 3.8) is 0 Å². The second-order valence-corrected chi connectivity index (χ2v) is 8.52. The van der Waals surface area contributed by atoms with Gasteiger partial charge in [-0.05, 0) is 49.8 Å². The summed E-state index contributed by atoms with van der Waals surface area (Å²) < 4.78 is 23.8. The highest BCUT2D eigenvalue weighted by molar-refractivity contribution is 7.91. The van der Waals surface area contributed by atoms with E-state index in [2.05, 4.69) is 36.5 Å². The minimum atomic E-state index is -2.93. The van der Waals surface area contributed by atoms with Gasteiger partial charge in [-0.15, -0.1) is 0 Å². The monoisotopic (exact) mass is 309 g/mol. The fourth-order valence-corrected chi connectivity index (χ4v) is 4.87. The normalized spacial score (nSPS) is 24.7. The molecule has 3 nitrogen and oxygen atoms in total. The Balaban J connectivity index is 2.25. The molecule has 0 heterocycles. The number of aryl methyl sites for hydroxylation is 1. The Morgan fingerprint density at radius 2 is 2.00 bits per heavy atom. The van der Waals surface area contributed by atoms with Crippen molar-refractivity contribution in [3.05, 3.63) is 35.4 Å². The summed E-state index contributed by atoms with van der Waals surface area (Å²) in [6.07, 6.45) is 6.11. The SMILES string of the molecule is CCc1ccccc1C(NC)C1CCCC(S(C)(=O)=O)C1. The molecule has 0 amide bonds. The van der Waals surface area contributed by atoms with E-state index < -0.39 is 9.84 Å². The third-order valence-electron chi connectivity index (χ3n) is 4.83. The summed E-state index contributed by atoms with van der Waals surface area (Å²) in [4.78, 5) is 0. The predicted molar refractivity (Wildman–Crippen MR) is 88.2 cm³/mol. The van der Waals surface area contributed by atoms with Gasteiger partial charge in [0.1, 0.15) is 9.84 Å². The maximum Gasteiger partial charge on any atom is 0.150 e. The molecular weight excluding hydrogens is 282 g/mol. The van der Waals surface area contributed by atoms with Crippen LogP contribution in [0, 0.1) is 5.92 Å². The lowest BCUT2D eigenvalue weighted by Crippen LogP contribution is -2.34. The smallest absolute Gasteiger partial charge is 0.150 e. The van der Waals surface area contributed by atoms with Crippen molar-refractivity contribution in [3.8, 4) is 0 Å². The molecule has 0 aromatic heterocycles. The molecule has 3 atom stereocenters. The van der Waals surface area contributed by atoms with Crippen molar-refractivity contribution in [2.24, 2.45) is 5.92 Å². The van der Waals surface area contributed by atoms with Crippen LogP contribution in [0.5, 0.6) is 0 Å². The molecule has 2 rings (SSSR count). The van der Waals surface area contributed by atoms with Gasteiger partial charge in [0.05, 0.1) is 5.25 Å². The average molecular weight is 309 g/mol.